The monoisotopic (exact) mass is 525 g/mol. The van der Waals surface area contributed by atoms with Crippen LogP contribution in [-0.2, 0) is 22.1 Å². The van der Waals surface area contributed by atoms with Gasteiger partial charge in [0.05, 0.1) is 6.20 Å². The summed E-state index contributed by atoms with van der Waals surface area (Å²) >= 11 is 0. The van der Waals surface area contributed by atoms with Gasteiger partial charge in [0, 0.05) is 20.1 Å². The number of hydrogen-bond donors (Lipinski definition) is 2. The molecule has 0 saturated carbocycles. The molecule has 202 valence electrons. The van der Waals surface area contributed by atoms with E-state index in [1.54, 1.807) is 31.6 Å². The van der Waals surface area contributed by atoms with Gasteiger partial charge in [-0.25, -0.2) is 4.79 Å². The van der Waals surface area contributed by atoms with Crippen LogP contribution in [0.15, 0.2) is 97.2 Å². The average Bonchev–Trinajstić information content (AvgIpc) is 3.29. The van der Waals surface area contributed by atoms with Crippen LogP contribution in [0.2, 0.25) is 0 Å². The Kier molecular flexibility index (Phi) is 8.34. The number of alkyl carbamates (subject to hydrolysis) is 1. The maximum atomic E-state index is 12.3. The largest absolute Gasteiger partial charge is 0.444 e. The number of benzene rings is 3. The number of amides is 2. The van der Waals surface area contributed by atoms with Crippen LogP contribution in [-0.4, -0.2) is 41.0 Å². The van der Waals surface area contributed by atoms with Gasteiger partial charge in [-0.1, -0.05) is 91.0 Å². The molecular weight excluding hydrogens is 490 g/mol. The van der Waals surface area contributed by atoms with Crippen LogP contribution < -0.4 is 15.5 Å². The summed E-state index contributed by atoms with van der Waals surface area (Å²) in [6.07, 6.45) is 1.86. The third-order valence-electron chi connectivity index (χ3n) is 6.30. The first-order valence-electron chi connectivity index (χ1n) is 12.9. The summed E-state index contributed by atoms with van der Waals surface area (Å²) < 4.78 is 7.03. The van der Waals surface area contributed by atoms with Crippen LogP contribution in [0, 0.1) is 0 Å². The molecule has 0 spiro atoms. The highest BCUT2D eigenvalue weighted by molar-refractivity contribution is 5.83. The van der Waals surface area contributed by atoms with E-state index in [9.17, 15) is 9.59 Å². The molecule has 1 heterocycles. The first kappa shape index (κ1) is 27.4. The smallest absolute Gasteiger partial charge is 0.407 e. The zero-order valence-electron chi connectivity index (χ0n) is 22.8. The van der Waals surface area contributed by atoms with Crippen molar-refractivity contribution >= 4 is 24.0 Å². The number of carbonyl (C=O) groups is 2. The van der Waals surface area contributed by atoms with Gasteiger partial charge in [0.25, 0.3) is 0 Å². The Morgan fingerprint density at radius 3 is 1.82 bits per heavy atom. The van der Waals surface area contributed by atoms with Gasteiger partial charge in [-0.05, 0) is 37.5 Å². The highest BCUT2D eigenvalue weighted by Gasteiger charge is 2.38. The summed E-state index contributed by atoms with van der Waals surface area (Å²) in [6.45, 7) is 5.85. The fraction of sp³-hybridized carbons (Fsp3) is 0.258. The molecule has 0 unspecified atom stereocenters. The minimum atomic E-state index is -0.796. The molecule has 0 fully saturated rings. The molecule has 4 rings (SSSR count). The summed E-state index contributed by atoms with van der Waals surface area (Å²) in [5.74, 6) is 0.649. The number of aromatic nitrogens is 2. The molecule has 0 atom stereocenters. The second-order valence-corrected chi connectivity index (χ2v) is 10.2. The van der Waals surface area contributed by atoms with Crippen LogP contribution in [0.4, 0.5) is 16.3 Å². The topological polar surface area (TPSA) is 88.5 Å². The van der Waals surface area contributed by atoms with Crippen molar-refractivity contribution in [2.45, 2.75) is 31.9 Å². The lowest BCUT2D eigenvalue weighted by Gasteiger charge is -2.38. The van der Waals surface area contributed by atoms with Gasteiger partial charge in [-0.15, -0.1) is 0 Å². The molecule has 0 aliphatic rings. The molecule has 8 nitrogen and oxygen atoms in total. The quantitative estimate of drug-likeness (QED) is 0.216. The van der Waals surface area contributed by atoms with Crippen molar-refractivity contribution in [2.24, 2.45) is 7.05 Å². The van der Waals surface area contributed by atoms with Crippen LogP contribution >= 0.6 is 0 Å². The molecule has 39 heavy (non-hydrogen) atoms. The van der Waals surface area contributed by atoms with Crippen molar-refractivity contribution in [1.82, 2.24) is 15.1 Å². The minimum absolute atomic E-state index is 0.211. The van der Waals surface area contributed by atoms with E-state index in [4.69, 9.17) is 4.74 Å². The number of nitrogens with one attached hydrogen (secondary N) is 2. The van der Waals surface area contributed by atoms with Crippen LogP contribution in [0.25, 0.3) is 0 Å². The van der Waals surface area contributed by atoms with Crippen molar-refractivity contribution in [3.63, 3.8) is 0 Å². The minimum Gasteiger partial charge on any atom is -0.444 e. The predicted octanol–water partition coefficient (Wildman–Crippen LogP) is 5.31. The zero-order valence-corrected chi connectivity index (χ0v) is 22.8. The van der Waals surface area contributed by atoms with Crippen LogP contribution in [0.5, 0.6) is 0 Å². The summed E-state index contributed by atoms with van der Waals surface area (Å²) in [6, 6.07) is 30.6. The molecule has 2 N–H and O–H groups in total. The van der Waals surface area contributed by atoms with E-state index in [-0.39, 0.29) is 13.1 Å². The number of rotatable bonds is 10. The Bertz CT molecular complexity index is 1270. The number of anilines is 2. The van der Waals surface area contributed by atoms with Crippen LogP contribution in [0.3, 0.4) is 0 Å². The molecule has 0 aliphatic heterocycles. The van der Waals surface area contributed by atoms with Gasteiger partial charge in [0.1, 0.15) is 22.6 Å². The maximum absolute atomic E-state index is 12.3. The Morgan fingerprint density at radius 1 is 0.897 bits per heavy atom. The second kappa shape index (κ2) is 11.9. The van der Waals surface area contributed by atoms with E-state index < -0.39 is 17.2 Å². The van der Waals surface area contributed by atoms with E-state index in [1.165, 1.54) is 4.90 Å². The Labute approximate surface area is 229 Å². The van der Waals surface area contributed by atoms with Gasteiger partial charge in [0.2, 0.25) is 6.41 Å². The third kappa shape index (κ3) is 6.29. The highest BCUT2D eigenvalue weighted by Crippen LogP contribution is 2.41. The number of carbonyl (C=O) groups excluding carboxylic acids is 2. The van der Waals surface area contributed by atoms with Crippen molar-refractivity contribution in [3.05, 3.63) is 114 Å². The summed E-state index contributed by atoms with van der Waals surface area (Å²) in [7, 11) is 1.83. The molecule has 8 heteroatoms. The maximum Gasteiger partial charge on any atom is 0.407 e. The van der Waals surface area contributed by atoms with Crippen molar-refractivity contribution in [2.75, 3.05) is 23.3 Å². The van der Waals surface area contributed by atoms with Crippen molar-refractivity contribution in [1.29, 1.82) is 0 Å². The highest BCUT2D eigenvalue weighted by atomic mass is 16.6. The average molecular weight is 526 g/mol. The lowest BCUT2D eigenvalue weighted by Crippen LogP contribution is -2.40. The number of nitrogens with zero attached hydrogens (tertiary/aromatic N) is 3. The van der Waals surface area contributed by atoms with Crippen molar-refractivity contribution in [3.8, 4) is 0 Å². The first-order chi connectivity index (χ1) is 18.7. The molecule has 0 aliphatic carbocycles. The Morgan fingerprint density at radius 2 is 1.38 bits per heavy atom. The predicted molar refractivity (Wildman–Crippen MR) is 154 cm³/mol. The summed E-state index contributed by atoms with van der Waals surface area (Å²) in [4.78, 5) is 25.9. The van der Waals surface area contributed by atoms with E-state index in [1.807, 2.05) is 61.6 Å². The molecule has 0 radical (unpaired) electrons. The summed E-state index contributed by atoms with van der Waals surface area (Å²) in [5, 5.41) is 11.0. The zero-order chi connectivity index (χ0) is 27.9. The van der Waals surface area contributed by atoms with Gasteiger partial charge >= 0.3 is 6.09 Å². The van der Waals surface area contributed by atoms with E-state index >= 15 is 0 Å². The number of ether oxygens (including phenoxy) is 1. The third-order valence-corrected chi connectivity index (χ3v) is 6.30. The number of hydrogen-bond acceptors (Lipinski definition) is 5. The fourth-order valence-electron chi connectivity index (χ4n) is 4.56. The van der Waals surface area contributed by atoms with Crippen LogP contribution in [0.1, 0.15) is 37.5 Å². The first-order valence-corrected chi connectivity index (χ1v) is 12.9. The lowest BCUT2D eigenvalue weighted by molar-refractivity contribution is -0.107. The Hall–Kier alpha value is -4.59. The van der Waals surface area contributed by atoms with E-state index in [2.05, 4.69) is 52.1 Å². The standard InChI is InChI=1S/C31H35N5O3/c1-30(2,3)39-29(38)32-20-21-36(23-37)27-22-33-35(4)28(27)34-31(24-14-8-5-9-15-24,25-16-10-6-11-17-25)26-18-12-7-13-19-26/h5-19,22-23,34H,20-21H2,1-4H3,(H,32,38). The molecule has 0 bridgehead atoms. The molecule has 3 aromatic carbocycles. The molecule has 0 saturated heterocycles. The lowest BCUT2D eigenvalue weighted by atomic mass is 9.77. The van der Waals surface area contributed by atoms with Gasteiger partial charge in [0.15, 0.2) is 0 Å². The van der Waals surface area contributed by atoms with Gasteiger partial charge < -0.3 is 20.3 Å². The second-order valence-electron chi connectivity index (χ2n) is 10.2. The SMILES string of the molecule is Cn1ncc(N(C=O)CCNC(=O)OC(C)(C)C)c1NC(c1ccccc1)(c1ccccc1)c1ccccc1. The molecule has 2 amide bonds. The fourth-order valence-corrected chi connectivity index (χ4v) is 4.56. The molecule has 1 aromatic heterocycles. The Balaban J connectivity index is 1.74. The van der Waals surface area contributed by atoms with Crippen molar-refractivity contribution < 1.29 is 14.3 Å². The normalized spacial score (nSPS) is 11.5. The van der Waals surface area contributed by atoms with E-state index in [0.717, 1.165) is 23.1 Å². The number of aryl methyl sites for hydroxylation is 1. The van der Waals surface area contributed by atoms with Gasteiger partial charge in [-0.2, -0.15) is 5.10 Å². The van der Waals surface area contributed by atoms with Gasteiger partial charge in [-0.3, -0.25) is 9.48 Å². The van der Waals surface area contributed by atoms with E-state index in [0.29, 0.717) is 11.5 Å². The summed E-state index contributed by atoms with van der Waals surface area (Å²) in [5.41, 5.74) is 2.27. The molecular formula is C31H35N5O3. The molecule has 4 aromatic rings.